The van der Waals surface area contributed by atoms with Crippen molar-refractivity contribution in [2.45, 2.75) is 38.3 Å². The number of aliphatic hydroxyl groups is 1. The number of aliphatic hydroxyl groups excluding tert-OH is 1. The largest absolute Gasteiger partial charge is 0.464 e. The number of nitrogens with one attached hydrogen (secondary N) is 1. The third-order valence-corrected chi connectivity index (χ3v) is 4.43. The van der Waals surface area contributed by atoms with E-state index in [1.54, 1.807) is 6.26 Å². The van der Waals surface area contributed by atoms with Crippen molar-refractivity contribution in [2.24, 2.45) is 5.92 Å². The number of carbonyl (C=O) groups excluding carboxylic acids is 1. The molecule has 1 saturated carbocycles. The standard InChI is InChI=1S/C18H21NO3/c1-2-16(14-10-15(20)11-14)19-18(21)13-7-5-12(6-8-13)17-4-3-9-22-17/h3-9,14-16,20H,2,10-11H2,1H3,(H,19,21)/t14?,15?,16-/m1/s1. The number of hydrogen-bond acceptors (Lipinski definition) is 3. The van der Waals surface area contributed by atoms with E-state index < -0.39 is 0 Å². The van der Waals surface area contributed by atoms with Crippen molar-refractivity contribution in [2.75, 3.05) is 0 Å². The Labute approximate surface area is 130 Å². The highest BCUT2D eigenvalue weighted by molar-refractivity contribution is 5.94. The molecule has 1 aliphatic carbocycles. The Morgan fingerprint density at radius 1 is 1.32 bits per heavy atom. The summed E-state index contributed by atoms with van der Waals surface area (Å²) in [7, 11) is 0. The van der Waals surface area contributed by atoms with Gasteiger partial charge in [-0.25, -0.2) is 0 Å². The van der Waals surface area contributed by atoms with Crippen molar-refractivity contribution in [1.82, 2.24) is 5.32 Å². The third kappa shape index (κ3) is 3.07. The fraction of sp³-hybridized carbons (Fsp3) is 0.389. The van der Waals surface area contributed by atoms with Crippen LogP contribution in [0.15, 0.2) is 47.1 Å². The fourth-order valence-corrected chi connectivity index (χ4v) is 2.99. The molecule has 1 fully saturated rings. The van der Waals surface area contributed by atoms with Crippen LogP contribution in [0.25, 0.3) is 11.3 Å². The second-order valence-electron chi connectivity index (χ2n) is 5.93. The summed E-state index contributed by atoms with van der Waals surface area (Å²) in [4.78, 5) is 12.3. The van der Waals surface area contributed by atoms with Crippen LogP contribution in [0, 0.1) is 5.92 Å². The summed E-state index contributed by atoms with van der Waals surface area (Å²) in [5.74, 6) is 1.13. The molecule has 0 radical (unpaired) electrons. The third-order valence-electron chi connectivity index (χ3n) is 4.43. The van der Waals surface area contributed by atoms with Crippen LogP contribution in [0.1, 0.15) is 36.5 Å². The van der Waals surface area contributed by atoms with Crippen molar-refractivity contribution in [1.29, 1.82) is 0 Å². The molecule has 0 bridgehead atoms. The predicted octanol–water partition coefficient (Wildman–Crippen LogP) is 3.23. The van der Waals surface area contributed by atoms with Crippen LogP contribution in [0.4, 0.5) is 0 Å². The van der Waals surface area contributed by atoms with Crippen molar-refractivity contribution < 1.29 is 14.3 Å². The Hall–Kier alpha value is -2.07. The van der Waals surface area contributed by atoms with Gasteiger partial charge in [-0.05, 0) is 49.4 Å². The van der Waals surface area contributed by atoms with E-state index in [1.165, 1.54) is 0 Å². The lowest BCUT2D eigenvalue weighted by Gasteiger charge is -2.37. The molecule has 116 valence electrons. The topological polar surface area (TPSA) is 62.5 Å². The molecule has 4 nitrogen and oxygen atoms in total. The van der Waals surface area contributed by atoms with E-state index >= 15 is 0 Å². The molecule has 1 atom stereocenters. The molecule has 1 amide bonds. The van der Waals surface area contributed by atoms with Crippen molar-refractivity contribution in [3.05, 3.63) is 48.2 Å². The number of benzene rings is 1. The second-order valence-corrected chi connectivity index (χ2v) is 5.93. The lowest BCUT2D eigenvalue weighted by Crippen LogP contribution is -2.46. The van der Waals surface area contributed by atoms with Crippen molar-refractivity contribution in [3.8, 4) is 11.3 Å². The summed E-state index contributed by atoms with van der Waals surface area (Å²) in [6, 6.07) is 11.3. The van der Waals surface area contributed by atoms with E-state index in [2.05, 4.69) is 12.2 Å². The van der Waals surface area contributed by atoms with Gasteiger partial charge in [0.25, 0.3) is 5.91 Å². The molecule has 0 unspecified atom stereocenters. The number of carbonyl (C=O) groups is 1. The number of amides is 1. The van der Waals surface area contributed by atoms with E-state index in [4.69, 9.17) is 4.42 Å². The van der Waals surface area contributed by atoms with Crippen LogP contribution in [0.3, 0.4) is 0 Å². The fourth-order valence-electron chi connectivity index (χ4n) is 2.99. The Morgan fingerprint density at radius 3 is 2.59 bits per heavy atom. The quantitative estimate of drug-likeness (QED) is 0.891. The first-order valence-electron chi connectivity index (χ1n) is 7.80. The normalized spacial score (nSPS) is 21.9. The first-order chi connectivity index (χ1) is 10.7. The van der Waals surface area contributed by atoms with Crippen LogP contribution >= 0.6 is 0 Å². The molecule has 1 heterocycles. The molecule has 4 heteroatoms. The predicted molar refractivity (Wildman–Crippen MR) is 84.4 cm³/mol. The van der Waals surface area contributed by atoms with Gasteiger partial charge in [0.05, 0.1) is 12.4 Å². The highest BCUT2D eigenvalue weighted by atomic mass is 16.3. The van der Waals surface area contributed by atoms with Gasteiger partial charge >= 0.3 is 0 Å². The van der Waals surface area contributed by atoms with Crippen molar-refractivity contribution >= 4 is 5.91 Å². The van der Waals surface area contributed by atoms with Crippen LogP contribution < -0.4 is 5.32 Å². The minimum atomic E-state index is -0.191. The maximum atomic E-state index is 12.3. The second kappa shape index (κ2) is 6.36. The van der Waals surface area contributed by atoms with E-state index in [9.17, 15) is 9.90 Å². The van der Waals surface area contributed by atoms with Crippen LogP contribution in [-0.2, 0) is 0 Å². The molecule has 22 heavy (non-hydrogen) atoms. The molecule has 3 rings (SSSR count). The molecule has 0 spiro atoms. The molecule has 1 aromatic heterocycles. The molecule has 1 aliphatic rings. The van der Waals surface area contributed by atoms with E-state index in [1.807, 2.05) is 36.4 Å². The molecule has 1 aromatic carbocycles. The van der Waals surface area contributed by atoms with Gasteiger partial charge in [0.2, 0.25) is 0 Å². The maximum absolute atomic E-state index is 12.3. The van der Waals surface area contributed by atoms with Gasteiger partial charge < -0.3 is 14.8 Å². The Bertz CT molecular complexity index is 612. The van der Waals surface area contributed by atoms with Gasteiger partial charge in [-0.2, -0.15) is 0 Å². The zero-order valence-corrected chi connectivity index (χ0v) is 12.7. The molecule has 0 aliphatic heterocycles. The average Bonchev–Trinajstić information content (AvgIpc) is 3.04. The first-order valence-corrected chi connectivity index (χ1v) is 7.80. The number of rotatable bonds is 5. The van der Waals surface area contributed by atoms with Gasteiger partial charge in [0, 0.05) is 17.2 Å². The average molecular weight is 299 g/mol. The minimum Gasteiger partial charge on any atom is -0.464 e. The minimum absolute atomic E-state index is 0.0563. The van der Waals surface area contributed by atoms with E-state index in [0.717, 1.165) is 30.6 Å². The first kappa shape index (κ1) is 14.9. The number of furan rings is 1. The summed E-state index contributed by atoms with van der Waals surface area (Å²) in [5, 5.41) is 12.5. The Morgan fingerprint density at radius 2 is 2.05 bits per heavy atom. The smallest absolute Gasteiger partial charge is 0.251 e. The van der Waals surface area contributed by atoms with Gasteiger partial charge in [-0.15, -0.1) is 0 Å². The van der Waals surface area contributed by atoms with Crippen LogP contribution in [-0.4, -0.2) is 23.2 Å². The Kier molecular flexibility index (Phi) is 4.29. The molecular weight excluding hydrogens is 278 g/mol. The molecule has 2 aromatic rings. The van der Waals surface area contributed by atoms with E-state index in [0.29, 0.717) is 11.5 Å². The summed E-state index contributed by atoms with van der Waals surface area (Å²) in [6.07, 6.45) is 3.90. The molecular formula is C18H21NO3. The van der Waals surface area contributed by atoms with Crippen LogP contribution in [0.5, 0.6) is 0 Å². The van der Waals surface area contributed by atoms with Crippen LogP contribution in [0.2, 0.25) is 0 Å². The summed E-state index contributed by atoms with van der Waals surface area (Å²) in [6.45, 7) is 2.07. The van der Waals surface area contributed by atoms with Gasteiger partial charge in [0.1, 0.15) is 5.76 Å². The number of hydrogen-bond donors (Lipinski definition) is 2. The SMILES string of the molecule is CC[C@@H](NC(=O)c1ccc(-c2ccco2)cc1)C1CC(O)C1. The lowest BCUT2D eigenvalue weighted by molar-refractivity contribution is 0.0232. The van der Waals surface area contributed by atoms with E-state index in [-0.39, 0.29) is 18.1 Å². The summed E-state index contributed by atoms with van der Waals surface area (Å²) < 4.78 is 5.34. The van der Waals surface area contributed by atoms with Gasteiger partial charge in [0.15, 0.2) is 0 Å². The highest BCUT2D eigenvalue weighted by Crippen LogP contribution is 2.31. The Balaban J connectivity index is 1.64. The molecule has 0 saturated heterocycles. The summed E-state index contributed by atoms with van der Waals surface area (Å²) in [5.41, 5.74) is 1.60. The zero-order chi connectivity index (χ0) is 15.5. The maximum Gasteiger partial charge on any atom is 0.251 e. The van der Waals surface area contributed by atoms with Gasteiger partial charge in [-0.1, -0.05) is 19.1 Å². The van der Waals surface area contributed by atoms with Gasteiger partial charge in [-0.3, -0.25) is 4.79 Å². The van der Waals surface area contributed by atoms with Crippen molar-refractivity contribution in [3.63, 3.8) is 0 Å². The lowest BCUT2D eigenvalue weighted by atomic mass is 9.76. The summed E-state index contributed by atoms with van der Waals surface area (Å²) >= 11 is 0. The monoisotopic (exact) mass is 299 g/mol. The highest BCUT2D eigenvalue weighted by Gasteiger charge is 2.33. The molecule has 2 N–H and O–H groups in total. The zero-order valence-electron chi connectivity index (χ0n) is 12.7.